The van der Waals surface area contributed by atoms with Gasteiger partial charge >= 0.3 is 0 Å². The Balaban J connectivity index is 2.03. The van der Waals surface area contributed by atoms with Crippen molar-refractivity contribution in [3.63, 3.8) is 0 Å². The van der Waals surface area contributed by atoms with Crippen molar-refractivity contribution < 1.29 is 4.74 Å². The Labute approximate surface area is 132 Å². The van der Waals surface area contributed by atoms with Gasteiger partial charge in [0, 0.05) is 32.7 Å². The second kappa shape index (κ2) is 8.13. The van der Waals surface area contributed by atoms with Crippen LogP contribution in [0.2, 0.25) is 5.02 Å². The van der Waals surface area contributed by atoms with Crippen LogP contribution in [-0.4, -0.2) is 53.6 Å². The summed E-state index contributed by atoms with van der Waals surface area (Å²) in [5.41, 5.74) is 2.10. The van der Waals surface area contributed by atoms with Crippen molar-refractivity contribution in [2.45, 2.75) is 39.3 Å². The number of aryl methyl sites for hydroxylation is 2. The lowest BCUT2D eigenvalue weighted by Crippen LogP contribution is -2.50. The predicted molar refractivity (Wildman–Crippen MR) is 85.8 cm³/mol. The average Bonchev–Trinajstić information content (AvgIpc) is 2.76. The lowest BCUT2D eigenvalue weighted by Gasteiger charge is -2.35. The quantitative estimate of drug-likeness (QED) is 0.780. The minimum absolute atomic E-state index is 0.404. The smallest absolute Gasteiger partial charge is 0.0863 e. The van der Waals surface area contributed by atoms with Gasteiger partial charge in [0.25, 0.3) is 0 Å². The Bertz CT molecular complexity index is 449. The number of nitrogens with zero attached hydrogens (tertiary/aromatic N) is 3. The molecule has 0 bridgehead atoms. The van der Waals surface area contributed by atoms with E-state index in [2.05, 4.69) is 29.2 Å². The summed E-state index contributed by atoms with van der Waals surface area (Å²) in [5.74, 6) is 0. The molecule has 1 saturated heterocycles. The fourth-order valence-corrected chi connectivity index (χ4v) is 3.07. The Morgan fingerprint density at radius 3 is 2.90 bits per heavy atom. The van der Waals surface area contributed by atoms with Crippen LogP contribution in [0.1, 0.15) is 31.7 Å². The van der Waals surface area contributed by atoms with Crippen molar-refractivity contribution in [2.24, 2.45) is 7.05 Å². The zero-order valence-electron chi connectivity index (χ0n) is 13.4. The SMILES string of the molecule is CCCNCC1COCCN1Cc1c(Cl)c(CC)nn1C. The molecule has 0 radical (unpaired) electrons. The summed E-state index contributed by atoms with van der Waals surface area (Å²) in [4.78, 5) is 2.45. The maximum atomic E-state index is 6.47. The third kappa shape index (κ3) is 4.19. The molecule has 1 aromatic rings. The zero-order chi connectivity index (χ0) is 15.2. The minimum Gasteiger partial charge on any atom is -0.378 e. The van der Waals surface area contributed by atoms with Crippen molar-refractivity contribution in [1.82, 2.24) is 20.0 Å². The molecular weight excluding hydrogens is 288 g/mol. The fourth-order valence-electron chi connectivity index (χ4n) is 2.71. The number of nitrogens with one attached hydrogen (secondary N) is 1. The van der Waals surface area contributed by atoms with E-state index in [1.54, 1.807) is 0 Å². The number of morpholine rings is 1. The summed E-state index contributed by atoms with van der Waals surface area (Å²) >= 11 is 6.47. The fraction of sp³-hybridized carbons (Fsp3) is 0.800. The monoisotopic (exact) mass is 314 g/mol. The molecule has 0 aromatic carbocycles. The standard InChI is InChI=1S/C15H27ClN4O/c1-4-6-17-9-12-11-21-8-7-20(12)10-14-15(16)13(5-2)18-19(14)3/h12,17H,4-11H2,1-3H3. The van der Waals surface area contributed by atoms with Gasteiger partial charge in [0.2, 0.25) is 0 Å². The summed E-state index contributed by atoms with van der Waals surface area (Å²) in [6.07, 6.45) is 2.03. The summed E-state index contributed by atoms with van der Waals surface area (Å²) in [5, 5.41) is 8.82. The molecule has 120 valence electrons. The molecular formula is C15H27ClN4O. The van der Waals surface area contributed by atoms with Crippen LogP contribution in [0.4, 0.5) is 0 Å². The molecule has 6 heteroatoms. The molecule has 2 heterocycles. The van der Waals surface area contributed by atoms with Crippen molar-refractivity contribution in [3.05, 3.63) is 16.4 Å². The second-order valence-electron chi connectivity index (χ2n) is 5.59. The first-order valence-corrected chi connectivity index (χ1v) is 8.27. The van der Waals surface area contributed by atoms with Gasteiger partial charge < -0.3 is 10.1 Å². The third-order valence-electron chi connectivity index (χ3n) is 4.01. The highest BCUT2D eigenvalue weighted by Crippen LogP contribution is 2.23. The first-order valence-electron chi connectivity index (χ1n) is 7.90. The van der Waals surface area contributed by atoms with E-state index >= 15 is 0 Å². The lowest BCUT2D eigenvalue weighted by atomic mass is 10.2. The molecule has 1 unspecified atom stereocenters. The Morgan fingerprint density at radius 2 is 2.24 bits per heavy atom. The van der Waals surface area contributed by atoms with Gasteiger partial charge in [0.1, 0.15) is 0 Å². The van der Waals surface area contributed by atoms with E-state index in [-0.39, 0.29) is 0 Å². The van der Waals surface area contributed by atoms with E-state index in [0.717, 1.165) is 68.6 Å². The highest BCUT2D eigenvalue weighted by molar-refractivity contribution is 6.31. The normalized spacial score (nSPS) is 20.1. The van der Waals surface area contributed by atoms with E-state index in [9.17, 15) is 0 Å². The number of ether oxygens (including phenoxy) is 1. The zero-order valence-corrected chi connectivity index (χ0v) is 14.1. The number of hydrogen-bond donors (Lipinski definition) is 1. The highest BCUT2D eigenvalue weighted by Gasteiger charge is 2.25. The number of rotatable bonds is 7. The Kier molecular flexibility index (Phi) is 6.48. The summed E-state index contributed by atoms with van der Waals surface area (Å²) in [6, 6.07) is 0.404. The maximum absolute atomic E-state index is 6.47. The highest BCUT2D eigenvalue weighted by atomic mass is 35.5. The second-order valence-corrected chi connectivity index (χ2v) is 5.97. The lowest BCUT2D eigenvalue weighted by molar-refractivity contribution is -0.0118. The van der Waals surface area contributed by atoms with Gasteiger partial charge in [-0.3, -0.25) is 9.58 Å². The molecule has 1 atom stereocenters. The molecule has 1 aliphatic heterocycles. The van der Waals surface area contributed by atoms with Gasteiger partial charge in [-0.1, -0.05) is 25.4 Å². The molecule has 1 N–H and O–H groups in total. The van der Waals surface area contributed by atoms with Gasteiger partial charge in [-0.15, -0.1) is 0 Å². The van der Waals surface area contributed by atoms with E-state index in [1.807, 2.05) is 11.7 Å². The molecule has 1 aromatic heterocycles. The maximum Gasteiger partial charge on any atom is 0.0863 e. The summed E-state index contributed by atoms with van der Waals surface area (Å²) in [6.45, 7) is 9.65. The first kappa shape index (κ1) is 16.7. The van der Waals surface area contributed by atoms with Crippen molar-refractivity contribution in [3.8, 4) is 0 Å². The van der Waals surface area contributed by atoms with Crippen LogP contribution in [-0.2, 0) is 24.8 Å². The molecule has 21 heavy (non-hydrogen) atoms. The molecule has 2 rings (SSSR count). The largest absolute Gasteiger partial charge is 0.378 e. The average molecular weight is 315 g/mol. The van der Waals surface area contributed by atoms with Gasteiger partial charge in [0.15, 0.2) is 0 Å². The van der Waals surface area contributed by atoms with Crippen molar-refractivity contribution >= 4 is 11.6 Å². The van der Waals surface area contributed by atoms with E-state index < -0.39 is 0 Å². The van der Waals surface area contributed by atoms with Crippen LogP contribution in [0, 0.1) is 0 Å². The third-order valence-corrected chi connectivity index (χ3v) is 4.45. The van der Waals surface area contributed by atoms with E-state index in [1.165, 1.54) is 0 Å². The van der Waals surface area contributed by atoms with Gasteiger partial charge in [-0.2, -0.15) is 5.10 Å². The van der Waals surface area contributed by atoms with Gasteiger partial charge in [-0.25, -0.2) is 0 Å². The Morgan fingerprint density at radius 1 is 1.43 bits per heavy atom. The predicted octanol–water partition coefficient (Wildman–Crippen LogP) is 1.84. The van der Waals surface area contributed by atoms with Crippen LogP contribution < -0.4 is 5.32 Å². The van der Waals surface area contributed by atoms with E-state index in [0.29, 0.717) is 6.04 Å². The molecule has 0 amide bonds. The molecule has 0 spiro atoms. The first-order chi connectivity index (χ1) is 10.2. The molecule has 5 nitrogen and oxygen atoms in total. The number of halogens is 1. The number of hydrogen-bond acceptors (Lipinski definition) is 4. The topological polar surface area (TPSA) is 42.3 Å². The summed E-state index contributed by atoms with van der Waals surface area (Å²) in [7, 11) is 1.98. The number of aromatic nitrogens is 2. The molecule has 1 aliphatic rings. The van der Waals surface area contributed by atoms with Crippen molar-refractivity contribution in [2.75, 3.05) is 32.8 Å². The van der Waals surface area contributed by atoms with Crippen molar-refractivity contribution in [1.29, 1.82) is 0 Å². The van der Waals surface area contributed by atoms with Gasteiger partial charge in [-0.05, 0) is 19.4 Å². The van der Waals surface area contributed by atoms with Gasteiger partial charge in [0.05, 0.1) is 29.6 Å². The molecule has 1 fully saturated rings. The van der Waals surface area contributed by atoms with E-state index in [4.69, 9.17) is 16.3 Å². The summed E-state index contributed by atoms with van der Waals surface area (Å²) < 4.78 is 7.55. The van der Waals surface area contributed by atoms with Crippen LogP contribution >= 0.6 is 11.6 Å². The van der Waals surface area contributed by atoms with Crippen LogP contribution in [0.25, 0.3) is 0 Å². The minimum atomic E-state index is 0.404. The molecule has 0 aliphatic carbocycles. The Hall–Kier alpha value is -0.620. The van der Waals surface area contributed by atoms with Crippen LogP contribution in [0.3, 0.4) is 0 Å². The van der Waals surface area contributed by atoms with Crippen LogP contribution in [0.5, 0.6) is 0 Å². The molecule has 0 saturated carbocycles. The van der Waals surface area contributed by atoms with Crippen LogP contribution in [0.15, 0.2) is 0 Å².